The van der Waals surface area contributed by atoms with Crippen LogP contribution < -0.4 is 5.32 Å². The number of nitrogens with one attached hydrogen (secondary N) is 2. The van der Waals surface area contributed by atoms with E-state index in [9.17, 15) is 18.0 Å². The summed E-state index contributed by atoms with van der Waals surface area (Å²) in [6.45, 7) is 0.295. The molecule has 0 atom stereocenters. The Morgan fingerprint density at radius 3 is 2.87 bits per heavy atom. The van der Waals surface area contributed by atoms with Gasteiger partial charge in [-0.2, -0.15) is 13.2 Å². The molecule has 0 aliphatic heterocycles. The molecule has 1 amide bonds. The standard InChI is InChI=1S/C12H10F3N7O/c13-12(14,15)11-18-8-2-1-7(5-9(8)19-11)17-10(23)3-4-22-6-16-20-21-22/h1-2,5-6H,3-4H2,(H,17,23)(H,18,19). The fraction of sp³-hybridized carbons (Fsp3) is 0.250. The Morgan fingerprint density at radius 2 is 2.17 bits per heavy atom. The molecule has 23 heavy (non-hydrogen) atoms. The Morgan fingerprint density at radius 1 is 1.35 bits per heavy atom. The number of aryl methyl sites for hydroxylation is 1. The van der Waals surface area contributed by atoms with E-state index in [0.717, 1.165) is 0 Å². The van der Waals surface area contributed by atoms with E-state index in [1.54, 1.807) is 0 Å². The molecule has 3 aromatic rings. The van der Waals surface area contributed by atoms with Crippen LogP contribution in [-0.2, 0) is 17.5 Å². The molecule has 0 saturated carbocycles. The minimum absolute atomic E-state index is 0.125. The molecular weight excluding hydrogens is 315 g/mol. The maximum absolute atomic E-state index is 12.6. The second kappa shape index (κ2) is 5.66. The number of alkyl halides is 3. The minimum atomic E-state index is -4.55. The van der Waals surface area contributed by atoms with E-state index >= 15 is 0 Å². The maximum Gasteiger partial charge on any atom is 0.449 e. The molecule has 3 rings (SSSR count). The number of imidazole rings is 1. The summed E-state index contributed by atoms with van der Waals surface area (Å²) >= 11 is 0. The number of H-pyrrole nitrogens is 1. The lowest BCUT2D eigenvalue weighted by Crippen LogP contribution is -2.14. The Kier molecular flexibility index (Phi) is 3.68. The summed E-state index contributed by atoms with van der Waals surface area (Å²) in [5.41, 5.74) is 0.733. The average Bonchev–Trinajstić information content (AvgIpc) is 3.13. The first-order valence-electron chi connectivity index (χ1n) is 6.49. The lowest BCUT2D eigenvalue weighted by molar-refractivity contribution is -0.144. The number of anilines is 1. The van der Waals surface area contributed by atoms with E-state index in [4.69, 9.17) is 0 Å². The highest BCUT2D eigenvalue weighted by molar-refractivity contribution is 5.93. The van der Waals surface area contributed by atoms with Crippen molar-refractivity contribution in [2.24, 2.45) is 0 Å². The third kappa shape index (κ3) is 3.44. The molecule has 0 spiro atoms. The minimum Gasteiger partial charge on any atom is -0.334 e. The van der Waals surface area contributed by atoms with Gasteiger partial charge in [0, 0.05) is 12.1 Å². The molecule has 1 aromatic carbocycles. The summed E-state index contributed by atoms with van der Waals surface area (Å²) in [7, 11) is 0. The number of benzene rings is 1. The summed E-state index contributed by atoms with van der Waals surface area (Å²) in [6.07, 6.45) is -3.04. The average molecular weight is 325 g/mol. The van der Waals surface area contributed by atoms with Gasteiger partial charge in [0.2, 0.25) is 11.7 Å². The Hall–Kier alpha value is -2.98. The number of carbonyl (C=O) groups excluding carboxylic acids is 1. The second-order valence-corrected chi connectivity index (χ2v) is 4.69. The molecule has 120 valence electrons. The smallest absolute Gasteiger partial charge is 0.334 e. The number of tetrazole rings is 1. The lowest BCUT2D eigenvalue weighted by Gasteiger charge is -2.04. The third-order valence-corrected chi connectivity index (χ3v) is 2.99. The van der Waals surface area contributed by atoms with E-state index < -0.39 is 12.0 Å². The molecular formula is C12H10F3N7O. The van der Waals surface area contributed by atoms with Crippen molar-refractivity contribution in [3.05, 3.63) is 30.4 Å². The SMILES string of the molecule is O=C(CCn1cnnn1)Nc1ccc2nc(C(F)(F)F)[nH]c2c1. The van der Waals surface area contributed by atoms with Gasteiger partial charge in [0.25, 0.3) is 0 Å². The van der Waals surface area contributed by atoms with Crippen molar-refractivity contribution in [2.75, 3.05) is 5.32 Å². The van der Waals surface area contributed by atoms with Gasteiger partial charge in [-0.1, -0.05) is 0 Å². The van der Waals surface area contributed by atoms with E-state index in [0.29, 0.717) is 12.2 Å². The largest absolute Gasteiger partial charge is 0.449 e. The van der Waals surface area contributed by atoms with Crippen LogP contribution in [-0.4, -0.2) is 36.1 Å². The van der Waals surface area contributed by atoms with Crippen LogP contribution in [0, 0.1) is 0 Å². The fourth-order valence-corrected chi connectivity index (χ4v) is 1.94. The van der Waals surface area contributed by atoms with Gasteiger partial charge in [-0.3, -0.25) is 4.79 Å². The van der Waals surface area contributed by atoms with Crippen molar-refractivity contribution < 1.29 is 18.0 Å². The highest BCUT2D eigenvalue weighted by atomic mass is 19.4. The van der Waals surface area contributed by atoms with Crippen molar-refractivity contribution in [1.82, 2.24) is 30.2 Å². The van der Waals surface area contributed by atoms with Crippen molar-refractivity contribution >= 4 is 22.6 Å². The molecule has 11 heteroatoms. The van der Waals surface area contributed by atoms with Crippen LogP contribution in [0.2, 0.25) is 0 Å². The first-order chi connectivity index (χ1) is 10.9. The summed E-state index contributed by atoms with van der Waals surface area (Å²) in [4.78, 5) is 17.5. The topological polar surface area (TPSA) is 101 Å². The normalized spacial score (nSPS) is 11.8. The van der Waals surface area contributed by atoms with Crippen LogP contribution in [0.3, 0.4) is 0 Å². The number of aromatic amines is 1. The molecule has 0 aliphatic carbocycles. The van der Waals surface area contributed by atoms with Crippen molar-refractivity contribution in [2.45, 2.75) is 19.1 Å². The third-order valence-electron chi connectivity index (χ3n) is 2.99. The first-order valence-corrected chi connectivity index (χ1v) is 6.49. The number of fused-ring (bicyclic) bond motifs is 1. The van der Waals surface area contributed by atoms with Gasteiger partial charge in [0.1, 0.15) is 6.33 Å². The van der Waals surface area contributed by atoms with Gasteiger partial charge < -0.3 is 10.3 Å². The zero-order chi connectivity index (χ0) is 16.4. The van der Waals surface area contributed by atoms with Gasteiger partial charge in [-0.25, -0.2) is 9.67 Å². The molecule has 0 radical (unpaired) electrons. The zero-order valence-corrected chi connectivity index (χ0v) is 11.5. The quantitative estimate of drug-likeness (QED) is 0.758. The van der Waals surface area contributed by atoms with Gasteiger partial charge in [0.05, 0.1) is 17.6 Å². The van der Waals surface area contributed by atoms with Gasteiger partial charge in [-0.05, 0) is 28.6 Å². The van der Waals surface area contributed by atoms with Crippen LogP contribution in [0.1, 0.15) is 12.2 Å². The second-order valence-electron chi connectivity index (χ2n) is 4.69. The summed E-state index contributed by atoms with van der Waals surface area (Å²) in [5.74, 6) is -1.38. The molecule has 2 heterocycles. The number of halogens is 3. The Bertz CT molecular complexity index is 825. The molecule has 2 N–H and O–H groups in total. The van der Waals surface area contributed by atoms with E-state index in [2.05, 4.69) is 30.8 Å². The molecule has 8 nitrogen and oxygen atoms in total. The monoisotopic (exact) mass is 325 g/mol. The first kappa shape index (κ1) is 14.9. The Balaban J connectivity index is 1.69. The fourth-order valence-electron chi connectivity index (χ4n) is 1.94. The van der Waals surface area contributed by atoms with Gasteiger partial charge in [-0.15, -0.1) is 5.10 Å². The summed E-state index contributed by atoms with van der Waals surface area (Å²) < 4.78 is 39.2. The molecule has 0 aliphatic rings. The van der Waals surface area contributed by atoms with Gasteiger partial charge >= 0.3 is 6.18 Å². The molecule has 0 saturated heterocycles. The van der Waals surface area contributed by atoms with Crippen molar-refractivity contribution in [3.63, 3.8) is 0 Å². The van der Waals surface area contributed by atoms with Crippen LogP contribution in [0.25, 0.3) is 11.0 Å². The highest BCUT2D eigenvalue weighted by Gasteiger charge is 2.34. The maximum atomic E-state index is 12.6. The Labute approximate surface area is 126 Å². The lowest BCUT2D eigenvalue weighted by atomic mass is 10.2. The van der Waals surface area contributed by atoms with E-state index in [1.165, 1.54) is 29.2 Å². The van der Waals surface area contributed by atoms with Crippen LogP contribution in [0.5, 0.6) is 0 Å². The molecule has 0 unspecified atom stereocenters. The molecule has 2 aromatic heterocycles. The number of rotatable bonds is 4. The highest BCUT2D eigenvalue weighted by Crippen LogP contribution is 2.29. The summed E-state index contributed by atoms with van der Waals surface area (Å²) in [6, 6.07) is 4.28. The van der Waals surface area contributed by atoms with Crippen LogP contribution in [0.15, 0.2) is 24.5 Å². The number of carbonyl (C=O) groups is 1. The number of amides is 1. The number of nitrogens with zero attached hydrogens (tertiary/aromatic N) is 5. The van der Waals surface area contributed by atoms with Crippen molar-refractivity contribution in [1.29, 1.82) is 0 Å². The number of hydrogen-bond acceptors (Lipinski definition) is 5. The van der Waals surface area contributed by atoms with Crippen molar-refractivity contribution in [3.8, 4) is 0 Å². The molecule has 0 bridgehead atoms. The predicted octanol–water partition coefficient (Wildman–Crippen LogP) is 1.60. The van der Waals surface area contributed by atoms with E-state index in [-0.39, 0.29) is 23.4 Å². The van der Waals surface area contributed by atoms with Crippen LogP contribution >= 0.6 is 0 Å². The van der Waals surface area contributed by atoms with Crippen LogP contribution in [0.4, 0.5) is 18.9 Å². The zero-order valence-electron chi connectivity index (χ0n) is 11.5. The number of hydrogen-bond donors (Lipinski definition) is 2. The van der Waals surface area contributed by atoms with Gasteiger partial charge in [0.15, 0.2) is 0 Å². The number of aromatic nitrogens is 6. The summed E-state index contributed by atoms with van der Waals surface area (Å²) in [5, 5.41) is 13.1. The van der Waals surface area contributed by atoms with E-state index in [1.807, 2.05) is 0 Å². The predicted molar refractivity (Wildman–Crippen MR) is 72.2 cm³/mol. The molecule has 0 fully saturated rings.